The highest BCUT2D eigenvalue weighted by molar-refractivity contribution is 5.97. The minimum atomic E-state index is -0.846. The molecule has 0 amide bonds. The number of aryl methyl sites for hydroxylation is 1. The highest BCUT2D eigenvalue weighted by Gasteiger charge is 2.45. The molecule has 0 heterocycles. The maximum atomic E-state index is 10.5. The van der Waals surface area contributed by atoms with Crippen LogP contribution >= 0.6 is 0 Å². The van der Waals surface area contributed by atoms with E-state index in [-0.39, 0.29) is 23.0 Å². The molecule has 174 valence electrons. The molecule has 4 aromatic carbocycles. The maximum absolute atomic E-state index is 10.5. The van der Waals surface area contributed by atoms with Gasteiger partial charge in [0, 0.05) is 5.56 Å². The van der Waals surface area contributed by atoms with Crippen molar-refractivity contribution in [1.82, 2.24) is 0 Å². The third-order valence-corrected chi connectivity index (χ3v) is 7.17. The zero-order valence-electron chi connectivity index (χ0n) is 19.4. The lowest BCUT2D eigenvalue weighted by atomic mass is 9.78. The number of phenolic OH excluding ortho intramolecular Hbond substituents is 4. The Morgan fingerprint density at radius 2 is 1.03 bits per heavy atom. The van der Waals surface area contributed by atoms with Crippen molar-refractivity contribution in [3.8, 4) is 35.3 Å². The Kier molecular flexibility index (Phi) is 4.55. The summed E-state index contributed by atoms with van der Waals surface area (Å²) in [6.07, 6.45) is 9.72. The Morgan fingerprint density at radius 3 is 1.47 bits per heavy atom. The maximum Gasteiger partial charge on any atom is 0.158 e. The number of hydrogen-bond acceptors (Lipinski definition) is 4. The van der Waals surface area contributed by atoms with E-state index in [0.717, 1.165) is 55.7 Å². The van der Waals surface area contributed by atoms with Gasteiger partial charge in [-0.2, -0.15) is 0 Å². The van der Waals surface area contributed by atoms with E-state index in [1.807, 2.05) is 55.5 Å². The smallest absolute Gasteiger partial charge is 0.158 e. The van der Waals surface area contributed by atoms with E-state index in [9.17, 15) is 20.4 Å². The van der Waals surface area contributed by atoms with Crippen LogP contribution in [-0.4, -0.2) is 20.4 Å². The first-order valence-electron chi connectivity index (χ1n) is 11.5. The van der Waals surface area contributed by atoms with Crippen molar-refractivity contribution in [3.05, 3.63) is 129 Å². The number of phenols is 4. The third-order valence-electron chi connectivity index (χ3n) is 7.17. The van der Waals surface area contributed by atoms with Crippen LogP contribution in [0.15, 0.2) is 84.9 Å². The lowest BCUT2D eigenvalue weighted by Crippen LogP contribution is -2.18. The highest BCUT2D eigenvalue weighted by atomic mass is 16.3. The summed E-state index contributed by atoms with van der Waals surface area (Å²) in [5.41, 5.74) is 7.76. The van der Waals surface area contributed by atoms with Gasteiger partial charge >= 0.3 is 0 Å². The van der Waals surface area contributed by atoms with Gasteiger partial charge in [-0.15, -0.1) is 6.42 Å². The minimum absolute atomic E-state index is 0.204. The van der Waals surface area contributed by atoms with Gasteiger partial charge in [-0.05, 0) is 87.8 Å². The van der Waals surface area contributed by atoms with E-state index >= 15 is 0 Å². The molecule has 0 radical (unpaired) electrons. The first-order valence-corrected chi connectivity index (χ1v) is 11.5. The van der Waals surface area contributed by atoms with E-state index in [4.69, 9.17) is 6.42 Å². The summed E-state index contributed by atoms with van der Waals surface area (Å²) >= 11 is 0. The molecule has 0 saturated carbocycles. The Bertz CT molecular complexity index is 1670. The zero-order valence-corrected chi connectivity index (χ0v) is 19.4. The fraction of sp³-hybridized carbons (Fsp3) is 0.0625. The summed E-state index contributed by atoms with van der Waals surface area (Å²) in [4.78, 5) is 0. The van der Waals surface area contributed by atoms with Crippen molar-refractivity contribution in [2.24, 2.45) is 0 Å². The van der Waals surface area contributed by atoms with Gasteiger partial charge in [-0.1, -0.05) is 60.0 Å². The van der Waals surface area contributed by atoms with Gasteiger partial charge in [0.15, 0.2) is 23.0 Å². The van der Waals surface area contributed by atoms with Crippen LogP contribution in [0.2, 0.25) is 0 Å². The zero-order chi connectivity index (χ0) is 25.2. The Morgan fingerprint density at radius 1 is 0.611 bits per heavy atom. The second-order valence-electron chi connectivity index (χ2n) is 9.35. The molecule has 4 N–H and O–H groups in total. The summed E-state index contributed by atoms with van der Waals surface area (Å²) in [6.45, 7) is 2.02. The summed E-state index contributed by atoms with van der Waals surface area (Å²) in [5, 5.41) is 41.8. The van der Waals surface area contributed by atoms with E-state index in [1.54, 1.807) is 24.3 Å². The van der Waals surface area contributed by atoms with Crippen molar-refractivity contribution in [2.75, 3.05) is 0 Å². The van der Waals surface area contributed by atoms with Crippen LogP contribution in [0.1, 0.15) is 44.5 Å². The molecule has 6 rings (SSSR count). The summed E-state index contributed by atoms with van der Waals surface area (Å²) in [7, 11) is 0. The SMILES string of the molecule is C#Cc1ccc(C2=CC3(C=C(c4ccc(C)cc4)c4cc(O)c(O)cc43)c3cc(O)c(O)cc32)cc1. The van der Waals surface area contributed by atoms with E-state index in [0.29, 0.717) is 0 Å². The molecule has 0 saturated heterocycles. The van der Waals surface area contributed by atoms with E-state index < -0.39 is 5.41 Å². The van der Waals surface area contributed by atoms with Gasteiger partial charge in [0.25, 0.3) is 0 Å². The van der Waals surface area contributed by atoms with Crippen molar-refractivity contribution in [2.45, 2.75) is 12.3 Å². The fourth-order valence-electron chi connectivity index (χ4n) is 5.35. The molecule has 36 heavy (non-hydrogen) atoms. The number of fused-ring (bicyclic) bond motifs is 4. The molecule has 2 aliphatic carbocycles. The number of aromatic hydroxyl groups is 4. The predicted molar refractivity (Wildman–Crippen MR) is 140 cm³/mol. The van der Waals surface area contributed by atoms with E-state index in [2.05, 4.69) is 18.1 Å². The molecule has 0 fully saturated rings. The van der Waals surface area contributed by atoms with Crippen LogP contribution in [0.4, 0.5) is 0 Å². The van der Waals surface area contributed by atoms with E-state index in [1.165, 1.54) is 0 Å². The number of allylic oxidation sites excluding steroid dienone is 2. The molecule has 1 spiro atoms. The largest absolute Gasteiger partial charge is 0.504 e. The Labute approximate surface area is 208 Å². The van der Waals surface area contributed by atoms with Gasteiger partial charge < -0.3 is 20.4 Å². The summed E-state index contributed by atoms with van der Waals surface area (Å²) in [5.74, 6) is 1.75. The van der Waals surface area contributed by atoms with Gasteiger partial charge in [0.1, 0.15) is 0 Å². The van der Waals surface area contributed by atoms with Crippen molar-refractivity contribution in [1.29, 1.82) is 0 Å². The van der Waals surface area contributed by atoms with Crippen LogP contribution in [0, 0.1) is 19.3 Å². The molecule has 0 aromatic heterocycles. The molecule has 4 heteroatoms. The van der Waals surface area contributed by atoms with Crippen LogP contribution in [0.5, 0.6) is 23.0 Å². The number of benzene rings is 4. The van der Waals surface area contributed by atoms with Crippen LogP contribution in [0.3, 0.4) is 0 Å². The van der Waals surface area contributed by atoms with Crippen LogP contribution in [-0.2, 0) is 5.41 Å². The summed E-state index contributed by atoms with van der Waals surface area (Å²) < 4.78 is 0. The van der Waals surface area contributed by atoms with Gasteiger partial charge in [0.2, 0.25) is 0 Å². The topological polar surface area (TPSA) is 80.9 Å². The van der Waals surface area contributed by atoms with Crippen molar-refractivity contribution < 1.29 is 20.4 Å². The predicted octanol–water partition coefficient (Wildman–Crippen LogP) is 5.98. The second kappa shape index (κ2) is 7.56. The average molecular weight is 471 g/mol. The number of rotatable bonds is 2. The molecular formula is C32H22O4. The van der Waals surface area contributed by atoms with Gasteiger partial charge in [-0.25, -0.2) is 0 Å². The fourth-order valence-corrected chi connectivity index (χ4v) is 5.35. The van der Waals surface area contributed by atoms with Crippen molar-refractivity contribution >= 4 is 11.1 Å². The normalized spacial score (nSPS) is 17.3. The van der Waals surface area contributed by atoms with Crippen LogP contribution in [0.25, 0.3) is 11.1 Å². The summed E-state index contributed by atoms with van der Waals surface area (Å²) in [6, 6.07) is 22.0. The first-order chi connectivity index (χ1) is 17.3. The van der Waals surface area contributed by atoms with Gasteiger partial charge in [0.05, 0.1) is 5.41 Å². The average Bonchev–Trinajstić information content (AvgIpc) is 3.35. The number of hydrogen-bond donors (Lipinski definition) is 4. The monoisotopic (exact) mass is 470 g/mol. The molecule has 0 bridgehead atoms. The number of terminal acetylenes is 1. The lowest BCUT2D eigenvalue weighted by Gasteiger charge is -2.24. The third kappa shape index (κ3) is 3.03. The standard InChI is InChI=1S/C32H22O4/c1-3-19-6-10-21(11-7-19)25-17-32(27-15-31(36)29(34)13-23(25)27)16-24(20-8-4-18(2)5-9-20)22-12-28(33)30(35)14-26(22)32/h1,4-17,33-36H,2H3. The Hall–Kier alpha value is -4.88. The molecule has 0 aliphatic heterocycles. The first kappa shape index (κ1) is 21.6. The molecule has 2 aliphatic rings. The second-order valence-corrected chi connectivity index (χ2v) is 9.35. The van der Waals surface area contributed by atoms with Crippen molar-refractivity contribution in [3.63, 3.8) is 0 Å². The quantitative estimate of drug-likeness (QED) is 0.215. The molecule has 4 nitrogen and oxygen atoms in total. The molecule has 1 atom stereocenters. The molecular weight excluding hydrogens is 448 g/mol. The Balaban J connectivity index is 1.68. The van der Waals surface area contributed by atoms with Gasteiger partial charge in [-0.3, -0.25) is 0 Å². The molecule has 4 aromatic rings. The van der Waals surface area contributed by atoms with Crippen LogP contribution < -0.4 is 0 Å². The molecule has 1 unspecified atom stereocenters. The lowest BCUT2D eigenvalue weighted by molar-refractivity contribution is 0.401. The highest BCUT2D eigenvalue weighted by Crippen LogP contribution is 2.57. The minimum Gasteiger partial charge on any atom is -0.504 e.